The Bertz CT molecular complexity index is 424. The smallest absolute Gasteiger partial charge is 0.326 e. The topological polar surface area (TPSA) is 52.3 Å². The van der Waals surface area contributed by atoms with Gasteiger partial charge in [0.1, 0.15) is 17.2 Å². The summed E-state index contributed by atoms with van der Waals surface area (Å²) < 4.78 is 30.5. The number of carbonyl (C=O) groups excluding carboxylic acids is 1. The van der Waals surface area contributed by atoms with E-state index < -0.39 is 23.1 Å². The zero-order chi connectivity index (χ0) is 13.1. The molecule has 6 heteroatoms. The van der Waals surface area contributed by atoms with Crippen LogP contribution >= 0.6 is 11.8 Å². The molecule has 17 heavy (non-hydrogen) atoms. The molecule has 0 fully saturated rings. The first-order chi connectivity index (χ1) is 7.86. The van der Waals surface area contributed by atoms with Crippen LogP contribution in [0.4, 0.5) is 8.78 Å². The molecule has 0 bridgehead atoms. The number of nitrogens with two attached hydrogens (primary N) is 1. The summed E-state index contributed by atoms with van der Waals surface area (Å²) in [6, 6.07) is 3.24. The van der Waals surface area contributed by atoms with Crippen LogP contribution in [0.2, 0.25) is 0 Å². The quantitative estimate of drug-likeness (QED) is 0.665. The van der Waals surface area contributed by atoms with E-state index in [0.717, 1.165) is 23.9 Å². The van der Waals surface area contributed by atoms with Gasteiger partial charge in [0.05, 0.1) is 7.11 Å². The summed E-state index contributed by atoms with van der Waals surface area (Å²) in [5.41, 5.74) is 4.50. The number of halogens is 2. The van der Waals surface area contributed by atoms with E-state index in [2.05, 4.69) is 4.74 Å². The second-order valence-corrected chi connectivity index (χ2v) is 4.79. The van der Waals surface area contributed by atoms with Crippen molar-refractivity contribution < 1.29 is 18.3 Å². The summed E-state index contributed by atoms with van der Waals surface area (Å²) in [6.07, 6.45) is 0. The number of benzene rings is 1. The lowest BCUT2D eigenvalue weighted by Gasteiger charge is -2.20. The van der Waals surface area contributed by atoms with Crippen molar-refractivity contribution in [2.24, 2.45) is 5.73 Å². The fourth-order valence-corrected chi connectivity index (χ4v) is 2.05. The molecule has 0 aliphatic rings. The van der Waals surface area contributed by atoms with Gasteiger partial charge in [-0.15, -0.1) is 11.8 Å². The number of esters is 1. The molecule has 2 N–H and O–H groups in total. The van der Waals surface area contributed by atoms with Crippen LogP contribution in [0.3, 0.4) is 0 Å². The zero-order valence-electron chi connectivity index (χ0n) is 9.50. The van der Waals surface area contributed by atoms with E-state index in [4.69, 9.17) is 5.73 Å². The van der Waals surface area contributed by atoms with Gasteiger partial charge in [-0.2, -0.15) is 0 Å². The molecule has 94 valence electrons. The van der Waals surface area contributed by atoms with E-state index in [1.165, 1.54) is 20.1 Å². The highest BCUT2D eigenvalue weighted by atomic mass is 32.2. The minimum atomic E-state index is -1.21. The highest BCUT2D eigenvalue weighted by Gasteiger charge is 2.29. The average molecular weight is 261 g/mol. The van der Waals surface area contributed by atoms with Crippen molar-refractivity contribution in [1.29, 1.82) is 0 Å². The van der Waals surface area contributed by atoms with Gasteiger partial charge >= 0.3 is 5.97 Å². The largest absolute Gasteiger partial charge is 0.468 e. The summed E-state index contributed by atoms with van der Waals surface area (Å²) in [7, 11) is 1.23. The maximum atomic E-state index is 13.3. The normalized spacial score (nSPS) is 14.2. The van der Waals surface area contributed by atoms with Crippen molar-refractivity contribution in [2.75, 3.05) is 12.9 Å². The summed E-state index contributed by atoms with van der Waals surface area (Å²) >= 11 is 1.04. The van der Waals surface area contributed by atoms with Crippen molar-refractivity contribution in [3.63, 3.8) is 0 Å². The van der Waals surface area contributed by atoms with Gasteiger partial charge in [0.2, 0.25) is 0 Å². The highest BCUT2D eigenvalue weighted by molar-refractivity contribution is 7.99. The van der Waals surface area contributed by atoms with Crippen LogP contribution in [0.25, 0.3) is 0 Å². The van der Waals surface area contributed by atoms with Crippen molar-refractivity contribution in [1.82, 2.24) is 0 Å². The third kappa shape index (κ3) is 3.67. The lowest BCUT2D eigenvalue weighted by atomic mass is 10.1. The Morgan fingerprint density at radius 2 is 2.18 bits per heavy atom. The average Bonchev–Trinajstić information content (AvgIpc) is 2.26. The van der Waals surface area contributed by atoms with Gasteiger partial charge in [0, 0.05) is 16.7 Å². The summed E-state index contributed by atoms with van der Waals surface area (Å²) in [5, 5.41) is 0. The zero-order valence-corrected chi connectivity index (χ0v) is 10.3. The Morgan fingerprint density at radius 1 is 1.53 bits per heavy atom. The van der Waals surface area contributed by atoms with E-state index in [9.17, 15) is 13.6 Å². The molecule has 0 aliphatic heterocycles. The standard InChI is InChI=1S/C11H13F2NO2S/c1-11(14,10(15)16-2)6-17-9-4-3-7(12)5-8(9)13/h3-5H,6,14H2,1-2H3. The number of hydrogen-bond acceptors (Lipinski definition) is 4. The van der Waals surface area contributed by atoms with Crippen molar-refractivity contribution in [3.05, 3.63) is 29.8 Å². The molecule has 1 aromatic carbocycles. The number of methoxy groups -OCH3 is 1. The first-order valence-corrected chi connectivity index (χ1v) is 5.80. The van der Waals surface area contributed by atoms with Crippen LogP contribution in [-0.2, 0) is 9.53 Å². The van der Waals surface area contributed by atoms with Crippen LogP contribution in [0, 0.1) is 11.6 Å². The van der Waals surface area contributed by atoms with Crippen LogP contribution in [0.15, 0.2) is 23.1 Å². The molecule has 3 nitrogen and oxygen atoms in total. The van der Waals surface area contributed by atoms with Crippen LogP contribution < -0.4 is 5.73 Å². The minimum Gasteiger partial charge on any atom is -0.468 e. The van der Waals surface area contributed by atoms with Crippen molar-refractivity contribution in [2.45, 2.75) is 17.4 Å². The van der Waals surface area contributed by atoms with Gasteiger partial charge in [0.25, 0.3) is 0 Å². The maximum absolute atomic E-state index is 13.3. The van der Waals surface area contributed by atoms with Crippen molar-refractivity contribution in [3.8, 4) is 0 Å². The lowest BCUT2D eigenvalue weighted by Crippen LogP contribution is -2.48. The third-order valence-electron chi connectivity index (χ3n) is 2.07. The first kappa shape index (κ1) is 13.9. The SMILES string of the molecule is COC(=O)C(C)(N)CSc1ccc(F)cc1F. The first-order valence-electron chi connectivity index (χ1n) is 4.82. The number of rotatable bonds is 4. The molecule has 0 heterocycles. The van der Waals surface area contributed by atoms with Crippen LogP contribution in [-0.4, -0.2) is 24.4 Å². The minimum absolute atomic E-state index is 0.141. The van der Waals surface area contributed by atoms with Crippen molar-refractivity contribution >= 4 is 17.7 Å². The number of carbonyl (C=O) groups is 1. The molecule has 0 amide bonds. The number of hydrogen-bond donors (Lipinski definition) is 1. The highest BCUT2D eigenvalue weighted by Crippen LogP contribution is 2.25. The van der Waals surface area contributed by atoms with Gasteiger partial charge in [-0.05, 0) is 19.1 Å². The molecule has 0 aliphatic carbocycles. The van der Waals surface area contributed by atoms with E-state index in [-0.39, 0.29) is 10.6 Å². The number of thioether (sulfide) groups is 1. The predicted octanol–water partition coefficient (Wildman–Crippen LogP) is 1.95. The van der Waals surface area contributed by atoms with Crippen LogP contribution in [0.1, 0.15) is 6.92 Å². The molecule has 0 radical (unpaired) electrons. The Kier molecular flexibility index (Phi) is 4.47. The number of ether oxygens (including phenoxy) is 1. The summed E-state index contributed by atoms with van der Waals surface area (Å²) in [5.74, 6) is -1.75. The second-order valence-electron chi connectivity index (χ2n) is 3.77. The second kappa shape index (κ2) is 5.46. The predicted molar refractivity (Wildman–Crippen MR) is 61.7 cm³/mol. The molecule has 0 saturated carbocycles. The Morgan fingerprint density at radius 3 is 2.71 bits per heavy atom. The summed E-state index contributed by atoms with van der Waals surface area (Å²) in [6.45, 7) is 1.49. The fraction of sp³-hybridized carbons (Fsp3) is 0.364. The molecule has 1 atom stereocenters. The monoisotopic (exact) mass is 261 g/mol. The Hall–Kier alpha value is -1.14. The molecular weight excluding hydrogens is 248 g/mol. The van der Waals surface area contributed by atoms with Crippen LogP contribution in [0.5, 0.6) is 0 Å². The van der Waals surface area contributed by atoms with E-state index in [0.29, 0.717) is 0 Å². The van der Waals surface area contributed by atoms with Gasteiger partial charge in [-0.25, -0.2) is 8.78 Å². The molecule has 1 unspecified atom stereocenters. The summed E-state index contributed by atoms with van der Waals surface area (Å²) in [4.78, 5) is 11.5. The van der Waals surface area contributed by atoms with Gasteiger partial charge < -0.3 is 10.5 Å². The van der Waals surface area contributed by atoms with E-state index in [1.807, 2.05) is 0 Å². The van der Waals surface area contributed by atoms with E-state index in [1.54, 1.807) is 0 Å². The van der Waals surface area contributed by atoms with Gasteiger partial charge in [-0.1, -0.05) is 0 Å². The third-order valence-corrected chi connectivity index (χ3v) is 3.46. The van der Waals surface area contributed by atoms with Gasteiger partial charge in [-0.3, -0.25) is 4.79 Å². The molecule has 1 rings (SSSR count). The molecular formula is C11H13F2NO2S. The molecule has 0 aromatic heterocycles. The van der Waals surface area contributed by atoms with E-state index >= 15 is 0 Å². The Balaban J connectivity index is 2.70. The molecule has 0 spiro atoms. The molecule has 1 aromatic rings. The molecule has 0 saturated heterocycles. The Labute approximate surface area is 102 Å². The maximum Gasteiger partial charge on any atom is 0.326 e. The fourth-order valence-electron chi connectivity index (χ4n) is 1.11. The lowest BCUT2D eigenvalue weighted by molar-refractivity contribution is -0.145. The van der Waals surface area contributed by atoms with Gasteiger partial charge in [0.15, 0.2) is 0 Å².